The fraction of sp³-hybridized carbons (Fsp3) is 0.0411. The smallest absolute Gasteiger partial charge is 0.160 e. The first-order valence-electron chi connectivity index (χ1n) is 26.1. The minimum absolute atomic E-state index is 0.113. The van der Waals surface area contributed by atoms with E-state index in [1.54, 1.807) is 0 Å². The lowest BCUT2D eigenvalue weighted by Crippen LogP contribution is -2.14. The largest absolute Gasteiger partial charge is 0.311 e. The maximum atomic E-state index is 5.20. The summed E-state index contributed by atoms with van der Waals surface area (Å²) in [5.41, 5.74) is 25.1. The molecule has 0 atom stereocenters. The Hall–Kier alpha value is -9.70. The Morgan fingerprint density at radius 3 is 0.974 bits per heavy atom. The van der Waals surface area contributed by atoms with Crippen molar-refractivity contribution in [1.82, 2.24) is 9.97 Å². The number of hydrogen-bond donors (Lipinski definition) is 0. The highest BCUT2D eigenvalue weighted by atomic mass is 15.1. The van der Waals surface area contributed by atoms with Crippen molar-refractivity contribution in [3.05, 3.63) is 296 Å². The quantitative estimate of drug-likeness (QED) is 0.129. The van der Waals surface area contributed by atoms with E-state index in [4.69, 9.17) is 9.97 Å². The molecule has 0 saturated heterocycles. The zero-order chi connectivity index (χ0) is 51.0. The van der Waals surface area contributed by atoms with Crippen LogP contribution in [0.5, 0.6) is 0 Å². The van der Waals surface area contributed by atoms with E-state index in [-0.39, 0.29) is 5.41 Å². The number of nitrogens with zero attached hydrogens (tertiary/aromatic N) is 3. The monoisotopic (exact) mass is 971 g/mol. The van der Waals surface area contributed by atoms with Crippen LogP contribution >= 0.6 is 0 Å². The minimum atomic E-state index is -0.113. The Morgan fingerprint density at radius 2 is 0.553 bits per heavy atom. The molecule has 0 saturated carbocycles. The Bertz CT molecular complexity index is 3850. The highest BCUT2D eigenvalue weighted by molar-refractivity contribution is 5.85. The molecular weight excluding hydrogens is 919 g/mol. The first-order chi connectivity index (χ1) is 37.4. The highest BCUT2D eigenvalue weighted by Gasteiger charge is 2.35. The van der Waals surface area contributed by atoms with Crippen molar-refractivity contribution in [2.45, 2.75) is 19.3 Å². The molecule has 0 unspecified atom stereocenters. The predicted octanol–water partition coefficient (Wildman–Crippen LogP) is 19.6. The highest BCUT2D eigenvalue weighted by Crippen LogP contribution is 2.50. The summed E-state index contributed by atoms with van der Waals surface area (Å²) in [6.07, 6.45) is 0. The molecule has 0 spiro atoms. The Labute approximate surface area is 445 Å². The van der Waals surface area contributed by atoms with Crippen molar-refractivity contribution in [2.75, 3.05) is 4.90 Å². The number of rotatable bonds is 11. The normalized spacial score (nSPS) is 12.2. The van der Waals surface area contributed by atoms with Gasteiger partial charge in [0, 0.05) is 39.2 Å². The third-order valence-corrected chi connectivity index (χ3v) is 15.2. The third kappa shape index (κ3) is 8.88. The van der Waals surface area contributed by atoms with Gasteiger partial charge in [0.05, 0.1) is 11.4 Å². The molecule has 11 aromatic carbocycles. The summed E-state index contributed by atoms with van der Waals surface area (Å²) in [6.45, 7) is 4.65. The van der Waals surface area contributed by atoms with Crippen LogP contribution in [0.3, 0.4) is 0 Å². The molecule has 1 aromatic heterocycles. The molecule has 13 rings (SSSR count). The summed E-state index contributed by atoms with van der Waals surface area (Å²) in [5.74, 6) is 0.708. The van der Waals surface area contributed by atoms with Crippen LogP contribution in [0.15, 0.2) is 285 Å². The summed E-state index contributed by atoms with van der Waals surface area (Å²) < 4.78 is 0. The van der Waals surface area contributed by atoms with Crippen LogP contribution in [0, 0.1) is 0 Å². The molecule has 0 bridgehead atoms. The average Bonchev–Trinajstić information content (AvgIpc) is 3.76. The van der Waals surface area contributed by atoms with Crippen LogP contribution in [0.25, 0.3) is 101 Å². The van der Waals surface area contributed by atoms with Gasteiger partial charge in [-0.3, -0.25) is 0 Å². The fourth-order valence-corrected chi connectivity index (χ4v) is 11.0. The van der Waals surface area contributed by atoms with Crippen molar-refractivity contribution in [1.29, 1.82) is 0 Å². The summed E-state index contributed by atoms with van der Waals surface area (Å²) in [4.78, 5) is 12.7. The lowest BCUT2D eigenvalue weighted by molar-refractivity contribution is 0.660. The fourth-order valence-electron chi connectivity index (χ4n) is 11.0. The van der Waals surface area contributed by atoms with E-state index >= 15 is 0 Å². The topological polar surface area (TPSA) is 29.0 Å². The van der Waals surface area contributed by atoms with E-state index in [2.05, 4.69) is 286 Å². The number of anilines is 3. The van der Waals surface area contributed by atoms with Crippen molar-refractivity contribution in [2.24, 2.45) is 0 Å². The van der Waals surface area contributed by atoms with E-state index in [1.165, 1.54) is 66.8 Å². The molecule has 0 radical (unpaired) electrons. The molecule has 1 aliphatic carbocycles. The lowest BCUT2D eigenvalue weighted by Gasteiger charge is -2.26. The van der Waals surface area contributed by atoms with Gasteiger partial charge >= 0.3 is 0 Å². The molecule has 360 valence electrons. The van der Waals surface area contributed by atoms with Gasteiger partial charge in [-0.25, -0.2) is 9.97 Å². The number of benzene rings is 11. The first-order valence-corrected chi connectivity index (χ1v) is 26.1. The van der Waals surface area contributed by atoms with E-state index in [0.717, 1.165) is 56.3 Å². The van der Waals surface area contributed by atoms with E-state index in [0.29, 0.717) is 5.82 Å². The molecule has 12 aromatic rings. The molecule has 3 nitrogen and oxygen atoms in total. The Kier molecular flexibility index (Phi) is 11.9. The zero-order valence-electron chi connectivity index (χ0n) is 42.5. The Morgan fingerprint density at radius 1 is 0.250 bits per heavy atom. The van der Waals surface area contributed by atoms with Gasteiger partial charge in [-0.05, 0) is 126 Å². The first kappa shape index (κ1) is 46.1. The molecular formula is C73H53N3. The van der Waals surface area contributed by atoms with Crippen molar-refractivity contribution >= 4 is 17.1 Å². The van der Waals surface area contributed by atoms with Gasteiger partial charge in [0.2, 0.25) is 0 Å². The van der Waals surface area contributed by atoms with E-state index < -0.39 is 0 Å². The molecule has 0 amide bonds. The van der Waals surface area contributed by atoms with Crippen LogP contribution in [-0.2, 0) is 5.41 Å². The number of aromatic nitrogens is 2. The maximum absolute atomic E-state index is 5.20. The third-order valence-electron chi connectivity index (χ3n) is 15.2. The average molecular weight is 972 g/mol. The molecule has 76 heavy (non-hydrogen) atoms. The van der Waals surface area contributed by atoms with Crippen LogP contribution in [-0.4, -0.2) is 9.97 Å². The minimum Gasteiger partial charge on any atom is -0.311 e. The second-order valence-corrected chi connectivity index (χ2v) is 20.2. The van der Waals surface area contributed by atoms with Gasteiger partial charge in [0.15, 0.2) is 5.82 Å². The molecule has 0 aliphatic heterocycles. The van der Waals surface area contributed by atoms with E-state index in [9.17, 15) is 0 Å². The Balaban J connectivity index is 0.805. The summed E-state index contributed by atoms with van der Waals surface area (Å²) in [7, 11) is 0. The van der Waals surface area contributed by atoms with Crippen molar-refractivity contribution < 1.29 is 0 Å². The van der Waals surface area contributed by atoms with Crippen LogP contribution in [0.2, 0.25) is 0 Å². The summed E-state index contributed by atoms with van der Waals surface area (Å²) in [6, 6.07) is 102. The number of hydrogen-bond acceptors (Lipinski definition) is 3. The van der Waals surface area contributed by atoms with Gasteiger partial charge in [0.25, 0.3) is 0 Å². The van der Waals surface area contributed by atoms with Crippen LogP contribution in [0.1, 0.15) is 25.0 Å². The van der Waals surface area contributed by atoms with Crippen molar-refractivity contribution in [3.63, 3.8) is 0 Å². The number of fused-ring (bicyclic) bond motifs is 3. The van der Waals surface area contributed by atoms with Crippen molar-refractivity contribution in [3.8, 4) is 101 Å². The second kappa shape index (κ2) is 19.6. The maximum Gasteiger partial charge on any atom is 0.160 e. The van der Waals surface area contributed by atoms with Gasteiger partial charge in [-0.1, -0.05) is 250 Å². The van der Waals surface area contributed by atoms with Gasteiger partial charge in [0.1, 0.15) is 0 Å². The van der Waals surface area contributed by atoms with Gasteiger partial charge < -0.3 is 4.90 Å². The molecule has 0 N–H and O–H groups in total. The van der Waals surface area contributed by atoms with Gasteiger partial charge in [-0.15, -0.1) is 0 Å². The zero-order valence-corrected chi connectivity index (χ0v) is 42.5. The van der Waals surface area contributed by atoms with E-state index in [1.807, 2.05) is 18.2 Å². The molecule has 1 heterocycles. The van der Waals surface area contributed by atoms with Gasteiger partial charge in [-0.2, -0.15) is 0 Å². The van der Waals surface area contributed by atoms with Crippen LogP contribution < -0.4 is 4.90 Å². The molecule has 1 aliphatic rings. The van der Waals surface area contributed by atoms with Crippen LogP contribution in [0.4, 0.5) is 17.1 Å². The second-order valence-electron chi connectivity index (χ2n) is 20.2. The summed E-state index contributed by atoms with van der Waals surface area (Å²) >= 11 is 0. The molecule has 3 heteroatoms. The predicted molar refractivity (Wildman–Crippen MR) is 318 cm³/mol. The SMILES string of the molecule is CC1(C)c2ccccc2-c2ccc(-c3cc(-c4ccc(-c5ccc(N(c6ccc(-c7ccc(-c8ccccc8)cc7)cc6)c6ccc(-c7ccc(-c8ccccc8)cc7)cc6)cc5)cc4)nc(-c4ccccc4)n3)cc21. The summed E-state index contributed by atoms with van der Waals surface area (Å²) in [5, 5.41) is 0. The molecule has 0 fully saturated rings. The lowest BCUT2D eigenvalue weighted by atomic mass is 9.82. The standard InChI is InChI=1S/C73H53N3/c1-73(2)68-21-13-12-20-66(68)67-47-40-62(48-69(67)73)71-49-70(74-72(75-71)61-18-10-5-11-19-61)60-32-30-56(31-33-60)59-38-45-65(46-39-59)76(63-41-34-57(35-42-63)54-26-22-52(23-27-54)50-14-6-3-7-15-50)64-43-36-58(37-44-64)55-28-24-53(25-29-55)51-16-8-4-9-17-51/h3-49H,1-2H3.